The quantitative estimate of drug-likeness (QED) is 0.0849. The molecule has 7 rings (SSSR count). The summed E-state index contributed by atoms with van der Waals surface area (Å²) in [5.74, 6) is -0.603. The topological polar surface area (TPSA) is 339 Å². The summed E-state index contributed by atoms with van der Waals surface area (Å²) in [6, 6.07) is 0. The van der Waals surface area contributed by atoms with Gasteiger partial charge in [-0.05, 0) is 124 Å². The normalized spacial score (nSPS) is 52.1. The lowest BCUT2D eigenvalue weighted by atomic mass is 9.35. The highest BCUT2D eigenvalue weighted by Gasteiger charge is 2.72. The molecule has 4 saturated carbocycles. The molecule has 396 valence electrons. The van der Waals surface area contributed by atoms with Crippen molar-refractivity contribution >= 4 is 0 Å². The fourth-order valence-corrected chi connectivity index (χ4v) is 15.0. The molecule has 20 heteroatoms. The van der Waals surface area contributed by atoms with E-state index >= 15 is 0 Å². The molecule has 3 unspecified atom stereocenters. The Labute approximate surface area is 399 Å². The molecule has 7 aliphatic rings. The van der Waals surface area contributed by atoms with E-state index < -0.39 is 152 Å². The van der Waals surface area contributed by atoms with Crippen LogP contribution in [0.15, 0.2) is 0 Å². The van der Waals surface area contributed by atoms with Crippen molar-refractivity contribution < 1.29 is 99.9 Å². The van der Waals surface area contributed by atoms with E-state index in [1.54, 1.807) is 0 Å². The predicted octanol–water partition coefficient (Wildman–Crippen LogP) is -1.86. The molecule has 14 N–H and O–H groups in total. The van der Waals surface area contributed by atoms with E-state index in [9.17, 15) is 71.5 Å². The number of aliphatic hydroxyl groups excluding tert-OH is 13. The average molecular weight is 981 g/mol. The maximum atomic E-state index is 12.7. The molecule has 68 heavy (non-hydrogen) atoms. The van der Waals surface area contributed by atoms with Gasteiger partial charge in [-0.15, -0.1) is 0 Å². The third-order valence-electron chi connectivity index (χ3n) is 19.3. The second-order valence-electron chi connectivity index (χ2n) is 23.8. The number of rotatable bonds is 14. The molecule has 0 amide bonds. The van der Waals surface area contributed by atoms with Gasteiger partial charge in [0.15, 0.2) is 18.9 Å². The molecule has 0 aromatic carbocycles. The zero-order valence-electron chi connectivity index (χ0n) is 40.9. The summed E-state index contributed by atoms with van der Waals surface area (Å²) in [6.07, 6.45) is -21.0. The lowest BCUT2D eigenvalue weighted by molar-refractivity contribution is -0.378. The number of hydrogen-bond donors (Lipinski definition) is 14. The van der Waals surface area contributed by atoms with Crippen LogP contribution in [-0.2, 0) is 28.4 Å². The highest BCUT2D eigenvalue weighted by atomic mass is 16.8. The minimum Gasteiger partial charge on any atom is -0.394 e. The van der Waals surface area contributed by atoms with E-state index in [4.69, 9.17) is 28.4 Å². The Bertz CT molecular complexity index is 1700. The smallest absolute Gasteiger partial charge is 0.187 e. The van der Waals surface area contributed by atoms with Gasteiger partial charge in [0.1, 0.15) is 73.2 Å². The molecular formula is C48H84O20. The van der Waals surface area contributed by atoms with Crippen LogP contribution in [0.4, 0.5) is 0 Å². The van der Waals surface area contributed by atoms with Crippen molar-refractivity contribution in [3.05, 3.63) is 0 Å². The second kappa shape index (κ2) is 19.8. The first-order chi connectivity index (χ1) is 31.6. The minimum absolute atomic E-state index is 0.0301. The van der Waals surface area contributed by atoms with E-state index in [1.165, 1.54) is 13.8 Å². The molecule has 0 aromatic rings. The van der Waals surface area contributed by atoms with Gasteiger partial charge < -0.3 is 99.9 Å². The predicted molar refractivity (Wildman–Crippen MR) is 236 cm³/mol. The van der Waals surface area contributed by atoms with Gasteiger partial charge in [0.25, 0.3) is 0 Å². The monoisotopic (exact) mass is 981 g/mol. The Kier molecular flexibility index (Phi) is 16.0. The van der Waals surface area contributed by atoms with Gasteiger partial charge >= 0.3 is 0 Å². The first-order valence-electron chi connectivity index (χ1n) is 24.9. The summed E-state index contributed by atoms with van der Waals surface area (Å²) < 4.78 is 37.0. The molecule has 0 aromatic heterocycles. The molecule has 20 nitrogen and oxygen atoms in total. The van der Waals surface area contributed by atoms with Gasteiger partial charge in [0.05, 0.1) is 49.3 Å². The highest BCUT2D eigenvalue weighted by molar-refractivity contribution is 5.20. The third-order valence-corrected chi connectivity index (χ3v) is 19.3. The Morgan fingerprint density at radius 1 is 0.588 bits per heavy atom. The Morgan fingerprint density at radius 2 is 1.10 bits per heavy atom. The summed E-state index contributed by atoms with van der Waals surface area (Å²) in [5.41, 5.74) is -4.27. The number of hydrogen-bond acceptors (Lipinski definition) is 20. The summed E-state index contributed by atoms with van der Waals surface area (Å²) in [6.45, 7) is 14.0. The molecular weight excluding hydrogens is 897 g/mol. The van der Waals surface area contributed by atoms with Gasteiger partial charge in [0.2, 0.25) is 0 Å². The molecule has 4 aliphatic carbocycles. The summed E-state index contributed by atoms with van der Waals surface area (Å²) in [5, 5.41) is 151. The first-order valence-corrected chi connectivity index (χ1v) is 24.9. The van der Waals surface area contributed by atoms with E-state index in [1.807, 2.05) is 6.92 Å². The first kappa shape index (κ1) is 55.0. The van der Waals surface area contributed by atoms with Crippen molar-refractivity contribution in [1.82, 2.24) is 0 Å². The van der Waals surface area contributed by atoms with Crippen LogP contribution < -0.4 is 0 Å². The average Bonchev–Trinajstić information content (AvgIpc) is 3.67. The third kappa shape index (κ3) is 9.17. The SMILES string of the molecule is CC(C)(O)C(O)CC[C@](C)(O[C@@H]1O[C@H](CO)[C@@H](O)[C@H](O)[C@H]1O)[C@H]1CC[C@]2(C)C1[C@H](O)C[C@@H]1[C@@]3(C)CC[C@H](O[C@@H]4O[C@H](CO)[C@@H](O)[C@H](O)[C@H]4O[C@@H]4O[C@H](CO)[C@@H](O)[C@H](O)[C@H]4O)C(C)(C)C3CC[C@]12C. The lowest BCUT2D eigenvalue weighted by Gasteiger charge is -2.71. The van der Waals surface area contributed by atoms with Crippen molar-refractivity contribution in [1.29, 1.82) is 0 Å². The fourth-order valence-electron chi connectivity index (χ4n) is 15.0. The van der Waals surface area contributed by atoms with E-state index in [0.29, 0.717) is 25.7 Å². The van der Waals surface area contributed by atoms with Crippen LogP contribution >= 0.6 is 0 Å². The zero-order valence-corrected chi connectivity index (χ0v) is 40.9. The molecule has 0 radical (unpaired) electrons. The van der Waals surface area contributed by atoms with Crippen LogP contribution in [0.5, 0.6) is 0 Å². The number of ether oxygens (including phenoxy) is 6. The summed E-state index contributed by atoms with van der Waals surface area (Å²) in [7, 11) is 0. The van der Waals surface area contributed by atoms with Gasteiger partial charge in [-0.3, -0.25) is 0 Å². The molecule has 0 spiro atoms. The lowest BCUT2D eigenvalue weighted by Crippen LogP contribution is -2.68. The second-order valence-corrected chi connectivity index (χ2v) is 23.8. The summed E-state index contributed by atoms with van der Waals surface area (Å²) >= 11 is 0. The molecule has 3 aliphatic heterocycles. The van der Waals surface area contributed by atoms with Gasteiger partial charge in [-0.25, -0.2) is 0 Å². The fraction of sp³-hybridized carbons (Fsp3) is 1.00. The molecule has 7 fully saturated rings. The van der Waals surface area contributed by atoms with Crippen LogP contribution in [-0.4, -0.2) is 213 Å². The van der Waals surface area contributed by atoms with Crippen LogP contribution in [0, 0.1) is 45.3 Å². The van der Waals surface area contributed by atoms with Crippen LogP contribution in [0.2, 0.25) is 0 Å². The Balaban J connectivity index is 1.14. The van der Waals surface area contributed by atoms with Gasteiger partial charge in [-0.2, -0.15) is 0 Å². The Morgan fingerprint density at radius 3 is 1.66 bits per heavy atom. The maximum absolute atomic E-state index is 12.7. The molecule has 3 saturated heterocycles. The maximum Gasteiger partial charge on any atom is 0.187 e. The van der Waals surface area contributed by atoms with Crippen molar-refractivity contribution in [2.24, 2.45) is 45.3 Å². The highest BCUT2D eigenvalue weighted by Crippen LogP contribution is 2.76. The van der Waals surface area contributed by atoms with Crippen molar-refractivity contribution in [2.75, 3.05) is 19.8 Å². The molecule has 26 atom stereocenters. The number of aliphatic hydroxyl groups is 14. The Hall–Kier alpha value is -0.800. The van der Waals surface area contributed by atoms with Gasteiger partial charge in [0, 0.05) is 0 Å². The largest absolute Gasteiger partial charge is 0.394 e. The van der Waals surface area contributed by atoms with Crippen molar-refractivity contribution in [3.63, 3.8) is 0 Å². The molecule has 3 heterocycles. The van der Waals surface area contributed by atoms with E-state index in [-0.39, 0.29) is 47.3 Å². The van der Waals surface area contributed by atoms with Crippen LogP contribution in [0.1, 0.15) is 113 Å². The van der Waals surface area contributed by atoms with Crippen LogP contribution in [0.3, 0.4) is 0 Å². The molecule has 0 bridgehead atoms. The number of fused-ring (bicyclic) bond motifs is 5. The minimum atomic E-state index is -1.81. The van der Waals surface area contributed by atoms with Crippen molar-refractivity contribution in [3.8, 4) is 0 Å². The van der Waals surface area contributed by atoms with E-state index in [0.717, 1.165) is 19.3 Å². The zero-order chi connectivity index (χ0) is 50.4. The van der Waals surface area contributed by atoms with E-state index in [2.05, 4.69) is 34.6 Å². The summed E-state index contributed by atoms with van der Waals surface area (Å²) in [4.78, 5) is 0. The van der Waals surface area contributed by atoms with Gasteiger partial charge in [-0.1, -0.05) is 34.6 Å². The standard InChI is InChI=1S/C48H84O20/c1-43(2)26-10-15-46(6)27(45(26,5)13-12-29(43)66-42-39(36(59)33(56)25(20-51)65-42)67-40-37(60)34(57)31(54)23(18-49)63-40)17-22(52)30-21(9-14-47(30,46)7)48(8,16-11-28(53)44(3,4)62)68-41-38(61)35(58)32(55)24(19-50)64-41/h21-42,49-62H,9-20H2,1-8H3/t21-,22+,23+,24+,25+,26?,27+,28?,29-,30?,31+,32+,33+,34-,35-,36-,37+,38+,39+,40-,41-,42-,45-,46+,47+,48-/m0/s1. The van der Waals surface area contributed by atoms with Crippen LogP contribution in [0.25, 0.3) is 0 Å². The van der Waals surface area contributed by atoms with Crippen molar-refractivity contribution in [2.45, 2.75) is 235 Å².